The van der Waals surface area contributed by atoms with Crippen LogP contribution >= 0.6 is 11.6 Å². The SMILES string of the molecule is Cc1ccc(C(=O)CCC(=O)N2CCC(NC(=O)OCCCl)CC2)cc1. The fourth-order valence-corrected chi connectivity index (χ4v) is 2.95. The topological polar surface area (TPSA) is 75.7 Å². The van der Waals surface area contributed by atoms with Gasteiger partial charge >= 0.3 is 6.09 Å². The van der Waals surface area contributed by atoms with Gasteiger partial charge in [0.25, 0.3) is 0 Å². The molecule has 7 heteroatoms. The van der Waals surface area contributed by atoms with Crippen LogP contribution in [0.1, 0.15) is 41.6 Å². The third kappa shape index (κ3) is 6.33. The minimum absolute atomic E-state index is 0.00364. The number of rotatable bonds is 7. The van der Waals surface area contributed by atoms with E-state index < -0.39 is 6.09 Å². The average molecular weight is 381 g/mol. The molecule has 1 saturated heterocycles. The van der Waals surface area contributed by atoms with Gasteiger partial charge in [-0.1, -0.05) is 29.8 Å². The van der Waals surface area contributed by atoms with E-state index in [0.717, 1.165) is 5.56 Å². The Labute approximate surface area is 158 Å². The van der Waals surface area contributed by atoms with Crippen molar-refractivity contribution in [3.63, 3.8) is 0 Å². The Kier molecular flexibility index (Phi) is 7.91. The predicted octanol–water partition coefficient (Wildman–Crippen LogP) is 2.91. The number of amides is 2. The number of alkyl halides is 1. The number of Topliss-reactive ketones (excluding diaryl/α,β-unsaturated/α-hetero) is 1. The summed E-state index contributed by atoms with van der Waals surface area (Å²) in [4.78, 5) is 37.7. The van der Waals surface area contributed by atoms with Crippen LogP contribution in [0.3, 0.4) is 0 Å². The normalized spacial score (nSPS) is 14.8. The van der Waals surface area contributed by atoms with Gasteiger partial charge in [-0.25, -0.2) is 4.79 Å². The monoisotopic (exact) mass is 380 g/mol. The molecule has 1 aromatic carbocycles. The highest BCUT2D eigenvalue weighted by Gasteiger charge is 2.24. The summed E-state index contributed by atoms with van der Waals surface area (Å²) >= 11 is 5.47. The molecule has 1 heterocycles. The van der Waals surface area contributed by atoms with E-state index in [9.17, 15) is 14.4 Å². The molecular formula is C19H25ClN2O4. The quantitative estimate of drug-likeness (QED) is 0.583. The number of alkyl carbamates (subject to hydrolysis) is 1. The number of hydrogen-bond donors (Lipinski definition) is 1. The molecule has 0 saturated carbocycles. The molecule has 0 spiro atoms. The molecule has 1 N–H and O–H groups in total. The van der Waals surface area contributed by atoms with Crippen molar-refractivity contribution in [2.75, 3.05) is 25.6 Å². The molecule has 0 aliphatic carbocycles. The fourth-order valence-electron chi connectivity index (χ4n) is 2.88. The van der Waals surface area contributed by atoms with Gasteiger partial charge < -0.3 is 15.0 Å². The summed E-state index contributed by atoms with van der Waals surface area (Å²) in [5, 5.41) is 2.78. The van der Waals surface area contributed by atoms with Crippen molar-refractivity contribution in [1.82, 2.24) is 10.2 Å². The van der Waals surface area contributed by atoms with Crippen molar-refractivity contribution in [3.05, 3.63) is 35.4 Å². The summed E-state index contributed by atoms with van der Waals surface area (Å²) < 4.78 is 4.88. The van der Waals surface area contributed by atoms with Gasteiger partial charge in [0.15, 0.2) is 5.78 Å². The second-order valence-electron chi connectivity index (χ2n) is 6.41. The highest BCUT2D eigenvalue weighted by atomic mass is 35.5. The van der Waals surface area contributed by atoms with Crippen molar-refractivity contribution in [2.45, 2.75) is 38.6 Å². The molecule has 0 radical (unpaired) electrons. The molecule has 0 atom stereocenters. The van der Waals surface area contributed by atoms with Gasteiger partial charge in [-0.15, -0.1) is 11.6 Å². The molecule has 2 rings (SSSR count). The molecular weight excluding hydrogens is 356 g/mol. The first-order valence-corrected chi connectivity index (χ1v) is 9.40. The summed E-state index contributed by atoms with van der Waals surface area (Å²) in [5.74, 6) is 0.229. The zero-order chi connectivity index (χ0) is 18.9. The molecule has 1 aliphatic heterocycles. The second-order valence-corrected chi connectivity index (χ2v) is 6.79. The van der Waals surface area contributed by atoms with E-state index in [0.29, 0.717) is 31.5 Å². The van der Waals surface area contributed by atoms with E-state index in [2.05, 4.69) is 5.32 Å². The summed E-state index contributed by atoms with van der Waals surface area (Å²) in [5.41, 5.74) is 1.74. The van der Waals surface area contributed by atoms with Crippen LogP contribution in [-0.4, -0.2) is 54.3 Å². The third-order valence-corrected chi connectivity index (χ3v) is 4.57. The highest BCUT2D eigenvalue weighted by Crippen LogP contribution is 2.14. The van der Waals surface area contributed by atoms with Crippen LogP contribution in [-0.2, 0) is 9.53 Å². The van der Waals surface area contributed by atoms with E-state index in [4.69, 9.17) is 16.3 Å². The molecule has 6 nitrogen and oxygen atoms in total. The lowest BCUT2D eigenvalue weighted by molar-refractivity contribution is -0.132. The Morgan fingerprint density at radius 1 is 1.15 bits per heavy atom. The minimum Gasteiger partial charge on any atom is -0.448 e. The number of piperidine rings is 1. The minimum atomic E-state index is -0.473. The number of benzene rings is 1. The molecule has 1 aliphatic rings. The smallest absolute Gasteiger partial charge is 0.407 e. The van der Waals surface area contributed by atoms with Crippen LogP contribution < -0.4 is 5.32 Å². The number of carbonyl (C=O) groups is 3. The maximum Gasteiger partial charge on any atom is 0.407 e. The van der Waals surface area contributed by atoms with Crippen LogP contribution in [0, 0.1) is 6.92 Å². The van der Waals surface area contributed by atoms with Gasteiger partial charge in [0.1, 0.15) is 6.61 Å². The van der Waals surface area contributed by atoms with Gasteiger partial charge in [0, 0.05) is 37.5 Å². The van der Waals surface area contributed by atoms with Crippen LogP contribution in [0.4, 0.5) is 4.79 Å². The first-order chi connectivity index (χ1) is 12.5. The molecule has 0 bridgehead atoms. The number of ketones is 1. The summed E-state index contributed by atoms with van der Waals surface area (Å²) in [6.07, 6.45) is 1.30. The molecule has 1 fully saturated rings. The van der Waals surface area contributed by atoms with Crippen LogP contribution in [0.25, 0.3) is 0 Å². The summed E-state index contributed by atoms with van der Waals surface area (Å²) in [7, 11) is 0. The lowest BCUT2D eigenvalue weighted by atomic mass is 10.0. The number of carbonyl (C=O) groups excluding carboxylic acids is 3. The highest BCUT2D eigenvalue weighted by molar-refractivity contribution is 6.18. The number of likely N-dealkylation sites (tertiary alicyclic amines) is 1. The first kappa shape index (κ1) is 20.2. The van der Waals surface area contributed by atoms with E-state index >= 15 is 0 Å². The van der Waals surface area contributed by atoms with E-state index in [1.54, 1.807) is 17.0 Å². The zero-order valence-electron chi connectivity index (χ0n) is 15.0. The number of ether oxygens (including phenoxy) is 1. The summed E-state index contributed by atoms with van der Waals surface area (Å²) in [6, 6.07) is 7.37. The average Bonchev–Trinajstić information content (AvgIpc) is 2.65. The molecule has 0 unspecified atom stereocenters. The Morgan fingerprint density at radius 2 is 1.81 bits per heavy atom. The largest absolute Gasteiger partial charge is 0.448 e. The van der Waals surface area contributed by atoms with E-state index in [1.165, 1.54) is 0 Å². The number of aryl methyl sites for hydroxylation is 1. The zero-order valence-corrected chi connectivity index (χ0v) is 15.8. The molecule has 142 valence electrons. The number of halogens is 1. The lowest BCUT2D eigenvalue weighted by Crippen LogP contribution is -2.46. The van der Waals surface area contributed by atoms with Gasteiger partial charge in [0.05, 0.1) is 5.88 Å². The van der Waals surface area contributed by atoms with Crippen molar-refractivity contribution >= 4 is 29.4 Å². The van der Waals surface area contributed by atoms with Gasteiger partial charge in [-0.05, 0) is 19.8 Å². The number of nitrogens with one attached hydrogen (secondary N) is 1. The molecule has 1 aromatic rings. The van der Waals surface area contributed by atoms with Crippen molar-refractivity contribution in [3.8, 4) is 0 Å². The Morgan fingerprint density at radius 3 is 2.42 bits per heavy atom. The van der Waals surface area contributed by atoms with Crippen LogP contribution in [0.2, 0.25) is 0 Å². The molecule has 0 aromatic heterocycles. The summed E-state index contributed by atoms with van der Waals surface area (Å²) in [6.45, 7) is 3.28. The molecule has 26 heavy (non-hydrogen) atoms. The van der Waals surface area contributed by atoms with Crippen LogP contribution in [0.15, 0.2) is 24.3 Å². The van der Waals surface area contributed by atoms with Gasteiger partial charge in [-0.3, -0.25) is 9.59 Å². The fraction of sp³-hybridized carbons (Fsp3) is 0.526. The van der Waals surface area contributed by atoms with Gasteiger partial charge in [0.2, 0.25) is 5.91 Å². The van der Waals surface area contributed by atoms with Gasteiger partial charge in [-0.2, -0.15) is 0 Å². The molecule has 2 amide bonds. The third-order valence-electron chi connectivity index (χ3n) is 4.42. The number of nitrogens with zero attached hydrogens (tertiary/aromatic N) is 1. The van der Waals surface area contributed by atoms with E-state index in [-0.39, 0.29) is 43.1 Å². The Hall–Kier alpha value is -2.08. The predicted molar refractivity (Wildman–Crippen MR) is 99.5 cm³/mol. The first-order valence-electron chi connectivity index (χ1n) is 8.86. The van der Waals surface area contributed by atoms with E-state index in [1.807, 2.05) is 19.1 Å². The number of hydrogen-bond acceptors (Lipinski definition) is 4. The van der Waals surface area contributed by atoms with Crippen molar-refractivity contribution in [1.29, 1.82) is 0 Å². The standard InChI is InChI=1S/C19H25ClN2O4/c1-14-2-4-15(5-3-14)17(23)6-7-18(24)22-11-8-16(9-12-22)21-19(25)26-13-10-20/h2-5,16H,6-13H2,1H3,(H,21,25). The maximum absolute atomic E-state index is 12.3. The Balaban J connectivity index is 1.70. The second kappa shape index (κ2) is 10.2. The lowest BCUT2D eigenvalue weighted by Gasteiger charge is -2.32. The van der Waals surface area contributed by atoms with Crippen LogP contribution in [0.5, 0.6) is 0 Å². The van der Waals surface area contributed by atoms with Crippen molar-refractivity contribution < 1.29 is 19.1 Å². The Bertz CT molecular complexity index is 625. The maximum atomic E-state index is 12.3. The van der Waals surface area contributed by atoms with Crippen molar-refractivity contribution in [2.24, 2.45) is 0 Å².